The molecule has 0 aromatic heterocycles. The van der Waals surface area contributed by atoms with Crippen LogP contribution in [0.2, 0.25) is 0 Å². The summed E-state index contributed by atoms with van der Waals surface area (Å²) in [5, 5.41) is 11.2. The summed E-state index contributed by atoms with van der Waals surface area (Å²) in [6.07, 6.45) is 0.0530. The molecule has 3 nitrogen and oxygen atoms in total. The first-order valence-electron chi connectivity index (χ1n) is 6.37. The van der Waals surface area contributed by atoms with Crippen LogP contribution in [-0.2, 0) is 4.79 Å². The Bertz CT molecular complexity index is 599. The van der Waals surface area contributed by atoms with E-state index < -0.39 is 11.4 Å². The van der Waals surface area contributed by atoms with Gasteiger partial charge in [-0.1, -0.05) is 56.3 Å². The number of carbonyl (C=O) groups is 1. The van der Waals surface area contributed by atoms with Gasteiger partial charge in [0.2, 0.25) is 0 Å². The van der Waals surface area contributed by atoms with Gasteiger partial charge in [-0.15, -0.1) is 0 Å². The van der Waals surface area contributed by atoms with Crippen molar-refractivity contribution in [3.63, 3.8) is 0 Å². The first-order valence-corrected chi connectivity index (χ1v) is 6.37. The molecular formula is C16H19NO2. The maximum absolute atomic E-state index is 11.0. The van der Waals surface area contributed by atoms with Crippen LogP contribution < -0.4 is 5.73 Å². The highest BCUT2D eigenvalue weighted by atomic mass is 16.4. The number of benzene rings is 2. The van der Waals surface area contributed by atoms with Crippen molar-refractivity contribution in [2.75, 3.05) is 0 Å². The molecule has 100 valence electrons. The van der Waals surface area contributed by atoms with E-state index in [0.29, 0.717) is 0 Å². The monoisotopic (exact) mass is 257 g/mol. The number of carboxylic acids is 1. The lowest BCUT2D eigenvalue weighted by atomic mass is 9.77. The van der Waals surface area contributed by atoms with Crippen LogP contribution in [0.25, 0.3) is 10.8 Å². The zero-order chi connectivity index (χ0) is 14.0. The topological polar surface area (TPSA) is 63.3 Å². The lowest BCUT2D eigenvalue weighted by Crippen LogP contribution is -2.31. The highest BCUT2D eigenvalue weighted by Gasteiger charge is 2.31. The Morgan fingerprint density at radius 1 is 1.21 bits per heavy atom. The average Bonchev–Trinajstić information content (AvgIpc) is 2.35. The fraction of sp³-hybridized carbons (Fsp3) is 0.312. The molecule has 0 spiro atoms. The van der Waals surface area contributed by atoms with Crippen LogP contribution in [0.5, 0.6) is 0 Å². The van der Waals surface area contributed by atoms with Crippen molar-refractivity contribution in [1.29, 1.82) is 0 Å². The number of nitrogens with two attached hydrogens (primary N) is 1. The first-order chi connectivity index (χ1) is 8.92. The van der Waals surface area contributed by atoms with Crippen LogP contribution in [0.15, 0.2) is 42.5 Å². The molecule has 0 saturated heterocycles. The minimum Gasteiger partial charge on any atom is -0.481 e. The molecule has 2 aromatic rings. The van der Waals surface area contributed by atoms with E-state index in [-0.39, 0.29) is 12.5 Å². The van der Waals surface area contributed by atoms with Crippen molar-refractivity contribution >= 4 is 16.7 Å². The maximum atomic E-state index is 11.0. The standard InChI is InChI=1S/C16H19NO2/c1-16(2,10-14(18)19)15(17)13-9-5-7-11-6-3-4-8-12(11)13/h3-9,15H,10,17H2,1-2H3,(H,18,19). The Labute approximate surface area is 113 Å². The number of rotatable bonds is 4. The van der Waals surface area contributed by atoms with Gasteiger partial charge in [0, 0.05) is 6.04 Å². The van der Waals surface area contributed by atoms with Crippen molar-refractivity contribution in [1.82, 2.24) is 0 Å². The summed E-state index contributed by atoms with van der Waals surface area (Å²) in [6.45, 7) is 3.79. The summed E-state index contributed by atoms with van der Waals surface area (Å²) < 4.78 is 0. The fourth-order valence-corrected chi connectivity index (χ4v) is 2.44. The van der Waals surface area contributed by atoms with Crippen molar-refractivity contribution in [3.8, 4) is 0 Å². The van der Waals surface area contributed by atoms with Gasteiger partial charge in [0.15, 0.2) is 0 Å². The predicted molar refractivity (Wildman–Crippen MR) is 76.9 cm³/mol. The minimum atomic E-state index is -0.819. The molecule has 0 aliphatic rings. The molecule has 0 bridgehead atoms. The quantitative estimate of drug-likeness (QED) is 0.883. The third kappa shape index (κ3) is 2.76. The molecule has 0 aliphatic carbocycles. The summed E-state index contributed by atoms with van der Waals surface area (Å²) in [6, 6.07) is 13.7. The lowest BCUT2D eigenvalue weighted by molar-refractivity contribution is -0.139. The highest BCUT2D eigenvalue weighted by Crippen LogP contribution is 2.37. The van der Waals surface area contributed by atoms with Crippen molar-refractivity contribution in [2.24, 2.45) is 11.1 Å². The zero-order valence-electron chi connectivity index (χ0n) is 11.3. The fourth-order valence-electron chi connectivity index (χ4n) is 2.44. The van der Waals surface area contributed by atoms with Crippen LogP contribution in [-0.4, -0.2) is 11.1 Å². The van der Waals surface area contributed by atoms with Crippen LogP contribution in [0.1, 0.15) is 31.9 Å². The summed E-state index contributed by atoms with van der Waals surface area (Å²) in [4.78, 5) is 11.0. The second-order valence-electron chi connectivity index (χ2n) is 5.61. The van der Waals surface area contributed by atoms with Gasteiger partial charge in [-0.2, -0.15) is 0 Å². The van der Waals surface area contributed by atoms with Crippen molar-refractivity contribution in [3.05, 3.63) is 48.0 Å². The Balaban J connectivity index is 2.46. The van der Waals surface area contributed by atoms with Gasteiger partial charge in [-0.05, 0) is 21.8 Å². The van der Waals surface area contributed by atoms with E-state index in [1.54, 1.807) is 0 Å². The molecule has 2 aromatic carbocycles. The van der Waals surface area contributed by atoms with Crippen LogP contribution >= 0.6 is 0 Å². The van der Waals surface area contributed by atoms with Gasteiger partial charge in [0.05, 0.1) is 6.42 Å². The Morgan fingerprint density at radius 2 is 1.84 bits per heavy atom. The van der Waals surface area contributed by atoms with E-state index in [1.807, 2.05) is 56.3 Å². The van der Waals surface area contributed by atoms with E-state index in [9.17, 15) is 4.79 Å². The zero-order valence-corrected chi connectivity index (χ0v) is 11.3. The van der Waals surface area contributed by atoms with Crippen LogP contribution in [0.4, 0.5) is 0 Å². The molecule has 1 atom stereocenters. The first kappa shape index (κ1) is 13.6. The van der Waals surface area contributed by atoms with Crippen molar-refractivity contribution in [2.45, 2.75) is 26.3 Å². The number of carboxylic acid groups (broad SMARTS) is 1. The van der Waals surface area contributed by atoms with Gasteiger partial charge in [0.25, 0.3) is 0 Å². The summed E-state index contributed by atoms with van der Waals surface area (Å²) >= 11 is 0. The molecule has 0 amide bonds. The van der Waals surface area contributed by atoms with E-state index in [4.69, 9.17) is 10.8 Å². The maximum Gasteiger partial charge on any atom is 0.303 e. The SMILES string of the molecule is CC(C)(CC(=O)O)C(N)c1cccc2ccccc12. The smallest absolute Gasteiger partial charge is 0.303 e. The van der Waals surface area contributed by atoms with Gasteiger partial charge >= 0.3 is 5.97 Å². The predicted octanol–water partition coefficient (Wildman–Crippen LogP) is 3.34. The van der Waals surface area contributed by atoms with E-state index in [2.05, 4.69) is 0 Å². The number of hydrogen-bond donors (Lipinski definition) is 2. The van der Waals surface area contributed by atoms with Gasteiger partial charge < -0.3 is 10.8 Å². The van der Waals surface area contributed by atoms with Gasteiger partial charge in [-0.25, -0.2) is 0 Å². The third-order valence-electron chi connectivity index (χ3n) is 3.61. The summed E-state index contributed by atoms with van der Waals surface area (Å²) in [7, 11) is 0. The van der Waals surface area contributed by atoms with Gasteiger partial charge in [-0.3, -0.25) is 4.79 Å². The minimum absolute atomic E-state index is 0.0530. The average molecular weight is 257 g/mol. The van der Waals surface area contributed by atoms with Crippen LogP contribution in [0, 0.1) is 5.41 Å². The van der Waals surface area contributed by atoms with E-state index in [0.717, 1.165) is 16.3 Å². The van der Waals surface area contributed by atoms with E-state index >= 15 is 0 Å². The molecular weight excluding hydrogens is 238 g/mol. The molecule has 0 heterocycles. The Morgan fingerprint density at radius 3 is 2.53 bits per heavy atom. The molecule has 3 heteroatoms. The molecule has 0 fully saturated rings. The Hall–Kier alpha value is -1.87. The molecule has 1 unspecified atom stereocenters. The van der Waals surface area contributed by atoms with Crippen molar-refractivity contribution < 1.29 is 9.90 Å². The Kier molecular flexibility index (Phi) is 3.58. The molecule has 0 radical (unpaired) electrons. The molecule has 2 rings (SSSR count). The number of aliphatic carboxylic acids is 1. The normalized spacial score (nSPS) is 13.4. The molecule has 0 saturated carbocycles. The summed E-state index contributed by atoms with van der Waals surface area (Å²) in [5.41, 5.74) is 6.84. The summed E-state index contributed by atoms with van der Waals surface area (Å²) in [5.74, 6) is -0.819. The molecule has 19 heavy (non-hydrogen) atoms. The lowest BCUT2D eigenvalue weighted by Gasteiger charge is -2.31. The highest BCUT2D eigenvalue weighted by molar-refractivity contribution is 5.86. The largest absolute Gasteiger partial charge is 0.481 e. The molecule has 3 N–H and O–H groups in total. The second-order valence-corrected chi connectivity index (χ2v) is 5.61. The second kappa shape index (κ2) is 5.02. The number of fused-ring (bicyclic) bond motifs is 1. The van der Waals surface area contributed by atoms with E-state index in [1.165, 1.54) is 0 Å². The third-order valence-corrected chi connectivity index (χ3v) is 3.61. The van der Waals surface area contributed by atoms with Crippen LogP contribution in [0.3, 0.4) is 0 Å². The molecule has 0 aliphatic heterocycles. The number of hydrogen-bond acceptors (Lipinski definition) is 2. The van der Waals surface area contributed by atoms with Gasteiger partial charge in [0.1, 0.15) is 0 Å².